The highest BCUT2D eigenvalue weighted by atomic mass is 16.5. The van der Waals surface area contributed by atoms with Crippen molar-refractivity contribution in [3.8, 4) is 5.75 Å². The molecule has 2 aromatic rings. The molecule has 0 saturated heterocycles. The lowest BCUT2D eigenvalue weighted by Gasteiger charge is -2.20. The molecule has 1 N–H and O–H groups in total. The van der Waals surface area contributed by atoms with Gasteiger partial charge in [-0.25, -0.2) is 0 Å². The van der Waals surface area contributed by atoms with Gasteiger partial charge < -0.3 is 9.72 Å². The van der Waals surface area contributed by atoms with Crippen LogP contribution in [-0.4, -0.2) is 17.4 Å². The SMILES string of the molecule is CCCOc1cccc2[nH]cc(C(=O)C3CCCCC3)c12. The van der Waals surface area contributed by atoms with Crippen LogP contribution in [0.3, 0.4) is 0 Å². The summed E-state index contributed by atoms with van der Waals surface area (Å²) in [6, 6.07) is 5.94. The Labute approximate surface area is 125 Å². The van der Waals surface area contributed by atoms with E-state index < -0.39 is 0 Å². The van der Waals surface area contributed by atoms with Gasteiger partial charge >= 0.3 is 0 Å². The quantitative estimate of drug-likeness (QED) is 0.808. The van der Waals surface area contributed by atoms with E-state index in [9.17, 15) is 4.79 Å². The highest BCUT2D eigenvalue weighted by molar-refractivity contribution is 6.10. The van der Waals surface area contributed by atoms with Crippen LogP contribution in [0.1, 0.15) is 55.8 Å². The van der Waals surface area contributed by atoms with E-state index in [1.807, 2.05) is 24.4 Å². The van der Waals surface area contributed by atoms with Crippen molar-refractivity contribution in [2.75, 3.05) is 6.61 Å². The number of rotatable bonds is 5. The Morgan fingerprint density at radius 3 is 2.86 bits per heavy atom. The average molecular weight is 285 g/mol. The van der Waals surface area contributed by atoms with Gasteiger partial charge in [-0.1, -0.05) is 32.3 Å². The van der Waals surface area contributed by atoms with E-state index in [1.165, 1.54) is 19.3 Å². The van der Waals surface area contributed by atoms with E-state index in [2.05, 4.69) is 11.9 Å². The van der Waals surface area contributed by atoms with E-state index in [4.69, 9.17) is 4.74 Å². The Morgan fingerprint density at radius 1 is 1.29 bits per heavy atom. The molecule has 3 heteroatoms. The number of hydrogen-bond donors (Lipinski definition) is 1. The number of ketones is 1. The lowest BCUT2D eigenvalue weighted by Crippen LogP contribution is -2.17. The lowest BCUT2D eigenvalue weighted by molar-refractivity contribution is 0.0891. The van der Waals surface area contributed by atoms with Crippen molar-refractivity contribution in [1.29, 1.82) is 0 Å². The largest absolute Gasteiger partial charge is 0.493 e. The number of carbonyl (C=O) groups is 1. The predicted octanol–water partition coefficient (Wildman–Crippen LogP) is 4.72. The van der Waals surface area contributed by atoms with Gasteiger partial charge in [0.05, 0.1) is 12.0 Å². The Morgan fingerprint density at radius 2 is 2.10 bits per heavy atom. The van der Waals surface area contributed by atoms with Crippen LogP contribution in [0.15, 0.2) is 24.4 Å². The summed E-state index contributed by atoms with van der Waals surface area (Å²) in [6.07, 6.45) is 8.51. The van der Waals surface area contributed by atoms with Crippen LogP contribution in [0.4, 0.5) is 0 Å². The molecule has 3 rings (SSSR count). The topological polar surface area (TPSA) is 42.1 Å². The smallest absolute Gasteiger partial charge is 0.168 e. The summed E-state index contributed by atoms with van der Waals surface area (Å²) in [5, 5.41) is 0.960. The second-order valence-electron chi connectivity index (χ2n) is 5.93. The number of aromatic nitrogens is 1. The maximum Gasteiger partial charge on any atom is 0.168 e. The first-order valence-corrected chi connectivity index (χ1v) is 8.08. The monoisotopic (exact) mass is 285 g/mol. The number of Topliss-reactive ketones (excluding diaryl/α,β-unsaturated/α-hetero) is 1. The summed E-state index contributed by atoms with van der Waals surface area (Å²) in [6.45, 7) is 2.77. The van der Waals surface area contributed by atoms with Gasteiger partial charge in [-0.05, 0) is 31.4 Å². The van der Waals surface area contributed by atoms with Crippen LogP contribution in [0.2, 0.25) is 0 Å². The van der Waals surface area contributed by atoms with Crippen LogP contribution in [0.5, 0.6) is 5.75 Å². The maximum absolute atomic E-state index is 12.8. The molecular formula is C18H23NO2. The van der Waals surface area contributed by atoms with E-state index in [-0.39, 0.29) is 11.7 Å². The minimum atomic E-state index is 0.192. The lowest BCUT2D eigenvalue weighted by atomic mass is 9.84. The zero-order valence-electron chi connectivity index (χ0n) is 12.7. The summed E-state index contributed by atoms with van der Waals surface area (Å²) in [7, 11) is 0. The van der Waals surface area contributed by atoms with Gasteiger partial charge in [-0.2, -0.15) is 0 Å². The molecule has 0 atom stereocenters. The van der Waals surface area contributed by atoms with Gasteiger partial charge in [-0.15, -0.1) is 0 Å². The first-order valence-electron chi connectivity index (χ1n) is 8.08. The summed E-state index contributed by atoms with van der Waals surface area (Å²) in [5.74, 6) is 1.31. The number of aromatic amines is 1. The Balaban J connectivity index is 1.95. The fraction of sp³-hybridized carbons (Fsp3) is 0.500. The number of carbonyl (C=O) groups excluding carboxylic acids is 1. The van der Waals surface area contributed by atoms with Crippen LogP contribution in [-0.2, 0) is 0 Å². The molecule has 0 radical (unpaired) electrons. The van der Waals surface area contributed by atoms with Crippen molar-refractivity contribution in [2.45, 2.75) is 45.4 Å². The molecular weight excluding hydrogens is 262 g/mol. The molecule has 1 saturated carbocycles. The standard InChI is InChI=1S/C18H23NO2/c1-2-11-21-16-10-6-9-15-17(16)14(12-19-15)18(20)13-7-4-3-5-8-13/h6,9-10,12-13,19H,2-5,7-8,11H2,1H3. The number of ether oxygens (including phenoxy) is 1. The first kappa shape index (κ1) is 14.2. The van der Waals surface area contributed by atoms with Crippen molar-refractivity contribution in [2.24, 2.45) is 5.92 Å². The molecule has 3 nitrogen and oxygen atoms in total. The molecule has 0 spiro atoms. The summed E-state index contributed by atoms with van der Waals surface area (Å²) in [5.41, 5.74) is 1.80. The van der Waals surface area contributed by atoms with Crippen molar-refractivity contribution >= 4 is 16.7 Å². The van der Waals surface area contributed by atoms with Gasteiger partial charge in [-0.3, -0.25) is 4.79 Å². The number of nitrogens with one attached hydrogen (secondary N) is 1. The molecule has 0 bridgehead atoms. The van der Waals surface area contributed by atoms with E-state index in [0.717, 1.165) is 41.5 Å². The number of hydrogen-bond acceptors (Lipinski definition) is 2. The number of H-pyrrole nitrogens is 1. The minimum Gasteiger partial charge on any atom is -0.493 e. The van der Waals surface area contributed by atoms with Crippen LogP contribution in [0.25, 0.3) is 10.9 Å². The van der Waals surface area contributed by atoms with Crippen molar-refractivity contribution < 1.29 is 9.53 Å². The second-order valence-corrected chi connectivity index (χ2v) is 5.93. The van der Waals surface area contributed by atoms with Crippen molar-refractivity contribution in [1.82, 2.24) is 4.98 Å². The molecule has 21 heavy (non-hydrogen) atoms. The third-order valence-corrected chi connectivity index (χ3v) is 4.37. The van der Waals surface area contributed by atoms with Crippen molar-refractivity contribution in [3.63, 3.8) is 0 Å². The second kappa shape index (κ2) is 6.33. The molecule has 1 heterocycles. The Kier molecular flexibility index (Phi) is 4.28. The van der Waals surface area contributed by atoms with Crippen LogP contribution < -0.4 is 4.74 Å². The van der Waals surface area contributed by atoms with Gasteiger partial charge in [0.1, 0.15) is 5.75 Å². The highest BCUT2D eigenvalue weighted by Gasteiger charge is 2.25. The van der Waals surface area contributed by atoms with Crippen molar-refractivity contribution in [3.05, 3.63) is 30.0 Å². The average Bonchev–Trinajstić information content (AvgIpc) is 2.97. The highest BCUT2D eigenvalue weighted by Crippen LogP contribution is 2.33. The van der Waals surface area contributed by atoms with E-state index >= 15 is 0 Å². The molecule has 1 aromatic carbocycles. The maximum atomic E-state index is 12.8. The van der Waals surface area contributed by atoms with Crippen LogP contribution >= 0.6 is 0 Å². The van der Waals surface area contributed by atoms with E-state index in [1.54, 1.807) is 0 Å². The van der Waals surface area contributed by atoms with Gasteiger partial charge in [0.25, 0.3) is 0 Å². The fourth-order valence-electron chi connectivity index (χ4n) is 3.26. The minimum absolute atomic E-state index is 0.192. The molecule has 1 fully saturated rings. The molecule has 112 valence electrons. The fourth-order valence-corrected chi connectivity index (χ4v) is 3.26. The molecule has 1 aromatic heterocycles. The Bertz CT molecular complexity index is 623. The normalized spacial score (nSPS) is 16.2. The zero-order chi connectivity index (χ0) is 14.7. The van der Waals surface area contributed by atoms with Crippen LogP contribution in [0, 0.1) is 5.92 Å². The summed E-state index contributed by atoms with van der Waals surface area (Å²) < 4.78 is 5.83. The van der Waals surface area contributed by atoms with Gasteiger partial charge in [0.2, 0.25) is 0 Å². The molecule has 1 aliphatic rings. The molecule has 0 amide bonds. The number of benzene rings is 1. The summed E-state index contributed by atoms with van der Waals surface area (Å²) in [4.78, 5) is 16.0. The predicted molar refractivity (Wildman–Crippen MR) is 85.0 cm³/mol. The molecule has 0 unspecified atom stereocenters. The summed E-state index contributed by atoms with van der Waals surface area (Å²) >= 11 is 0. The third kappa shape index (κ3) is 2.82. The van der Waals surface area contributed by atoms with E-state index in [0.29, 0.717) is 6.61 Å². The molecule has 1 aliphatic carbocycles. The van der Waals surface area contributed by atoms with Gasteiger partial charge in [0, 0.05) is 23.2 Å². The number of fused-ring (bicyclic) bond motifs is 1. The third-order valence-electron chi connectivity index (χ3n) is 4.37. The Hall–Kier alpha value is -1.77. The zero-order valence-corrected chi connectivity index (χ0v) is 12.7. The first-order chi connectivity index (χ1) is 10.3. The van der Waals surface area contributed by atoms with Gasteiger partial charge in [0.15, 0.2) is 5.78 Å². The molecule has 0 aliphatic heterocycles.